The first-order valence-electron chi connectivity index (χ1n) is 7.12. The number of hydrogen-bond acceptors (Lipinski definition) is 4. The third-order valence-electron chi connectivity index (χ3n) is 3.88. The molecule has 0 spiro atoms. The van der Waals surface area contributed by atoms with Gasteiger partial charge in [-0.2, -0.15) is 0 Å². The molecule has 1 aromatic rings. The normalized spacial score (nSPS) is 17.9. The second-order valence-corrected chi connectivity index (χ2v) is 5.33. The molecule has 2 aliphatic heterocycles. The molecule has 3 amide bonds. The molecule has 2 aliphatic rings. The molecule has 3 rings (SSSR count). The van der Waals surface area contributed by atoms with Gasteiger partial charge in [-0.3, -0.25) is 19.3 Å². The largest absolute Gasteiger partial charge is 0.352 e. The van der Waals surface area contributed by atoms with Crippen molar-refractivity contribution in [3.63, 3.8) is 0 Å². The Morgan fingerprint density at radius 3 is 2.23 bits per heavy atom. The van der Waals surface area contributed by atoms with Crippen molar-refractivity contribution in [2.45, 2.75) is 18.9 Å². The van der Waals surface area contributed by atoms with Crippen LogP contribution in [-0.4, -0.2) is 48.3 Å². The van der Waals surface area contributed by atoms with E-state index in [1.54, 1.807) is 24.3 Å². The Balaban J connectivity index is 0.00000176. The lowest BCUT2D eigenvalue weighted by molar-refractivity contribution is -0.122. The minimum Gasteiger partial charge on any atom is -0.352 e. The molecular weight excluding hydrogens is 306 g/mol. The highest BCUT2D eigenvalue weighted by molar-refractivity contribution is 6.22. The van der Waals surface area contributed by atoms with Crippen LogP contribution in [0.1, 0.15) is 33.6 Å². The standard InChI is InChI=1S/C15H17N3O3.ClH/c19-13(17-10-5-7-16-8-6-10)9-18-14(20)11-3-1-2-4-12(11)15(18)21;/h1-4,10,16H,5-9H2,(H,17,19);1H. The van der Waals surface area contributed by atoms with Crippen molar-refractivity contribution >= 4 is 30.1 Å². The molecule has 0 unspecified atom stereocenters. The SMILES string of the molecule is Cl.O=C(CN1C(=O)c2ccccc2C1=O)NC1CCNCC1. The van der Waals surface area contributed by atoms with Crippen LogP contribution in [0.25, 0.3) is 0 Å². The van der Waals surface area contributed by atoms with Crippen LogP contribution >= 0.6 is 12.4 Å². The molecule has 0 radical (unpaired) electrons. The molecule has 0 aromatic heterocycles. The van der Waals surface area contributed by atoms with Crippen LogP contribution in [0.4, 0.5) is 0 Å². The molecule has 2 heterocycles. The molecule has 1 aromatic carbocycles. The number of halogens is 1. The first-order chi connectivity index (χ1) is 10.2. The van der Waals surface area contributed by atoms with E-state index in [0.29, 0.717) is 11.1 Å². The van der Waals surface area contributed by atoms with E-state index < -0.39 is 11.8 Å². The molecule has 0 saturated carbocycles. The predicted octanol–water partition coefficient (Wildman–Crippen LogP) is 0.573. The Hall–Kier alpha value is -1.92. The number of amides is 3. The molecule has 2 N–H and O–H groups in total. The Morgan fingerprint density at radius 1 is 1.14 bits per heavy atom. The monoisotopic (exact) mass is 323 g/mol. The van der Waals surface area contributed by atoms with Crippen LogP contribution in [0.5, 0.6) is 0 Å². The number of fused-ring (bicyclic) bond motifs is 1. The molecule has 118 valence electrons. The van der Waals surface area contributed by atoms with E-state index in [-0.39, 0.29) is 30.9 Å². The Morgan fingerprint density at radius 2 is 1.68 bits per heavy atom. The Bertz CT molecular complexity index is 564. The number of benzene rings is 1. The van der Waals surface area contributed by atoms with Gasteiger partial charge in [-0.25, -0.2) is 0 Å². The van der Waals surface area contributed by atoms with Crippen molar-refractivity contribution in [2.75, 3.05) is 19.6 Å². The average Bonchev–Trinajstić information content (AvgIpc) is 2.74. The number of carbonyl (C=O) groups is 3. The lowest BCUT2D eigenvalue weighted by Gasteiger charge is -2.24. The smallest absolute Gasteiger partial charge is 0.262 e. The molecule has 0 aliphatic carbocycles. The number of carbonyl (C=O) groups excluding carboxylic acids is 3. The second-order valence-electron chi connectivity index (χ2n) is 5.33. The van der Waals surface area contributed by atoms with Gasteiger partial charge in [-0.05, 0) is 38.1 Å². The van der Waals surface area contributed by atoms with Crippen molar-refractivity contribution in [1.29, 1.82) is 0 Å². The number of hydrogen-bond donors (Lipinski definition) is 2. The van der Waals surface area contributed by atoms with Crippen LogP contribution in [-0.2, 0) is 4.79 Å². The molecule has 1 fully saturated rings. The van der Waals surface area contributed by atoms with Gasteiger partial charge in [0.1, 0.15) is 6.54 Å². The van der Waals surface area contributed by atoms with Gasteiger partial charge in [-0.1, -0.05) is 12.1 Å². The summed E-state index contributed by atoms with van der Waals surface area (Å²) >= 11 is 0. The summed E-state index contributed by atoms with van der Waals surface area (Å²) in [5.74, 6) is -1.07. The van der Waals surface area contributed by atoms with Gasteiger partial charge in [0.05, 0.1) is 11.1 Å². The van der Waals surface area contributed by atoms with Crippen molar-refractivity contribution in [3.8, 4) is 0 Å². The third-order valence-corrected chi connectivity index (χ3v) is 3.88. The fourth-order valence-electron chi connectivity index (χ4n) is 2.77. The van der Waals surface area contributed by atoms with E-state index in [4.69, 9.17) is 0 Å². The van der Waals surface area contributed by atoms with Crippen molar-refractivity contribution < 1.29 is 14.4 Å². The second kappa shape index (κ2) is 6.89. The Kier molecular flexibility index (Phi) is 5.15. The highest BCUT2D eigenvalue weighted by Crippen LogP contribution is 2.21. The fourth-order valence-corrected chi connectivity index (χ4v) is 2.77. The zero-order valence-corrected chi connectivity index (χ0v) is 12.8. The highest BCUT2D eigenvalue weighted by atomic mass is 35.5. The molecule has 22 heavy (non-hydrogen) atoms. The molecular formula is C15H18ClN3O3. The van der Waals surface area contributed by atoms with E-state index >= 15 is 0 Å². The minimum atomic E-state index is -0.393. The summed E-state index contributed by atoms with van der Waals surface area (Å²) < 4.78 is 0. The predicted molar refractivity (Wildman–Crippen MR) is 83.1 cm³/mol. The summed E-state index contributed by atoms with van der Waals surface area (Å²) in [4.78, 5) is 37.3. The fraction of sp³-hybridized carbons (Fsp3) is 0.400. The maximum Gasteiger partial charge on any atom is 0.262 e. The molecule has 0 atom stereocenters. The van der Waals surface area contributed by atoms with Crippen LogP contribution < -0.4 is 10.6 Å². The lowest BCUT2D eigenvalue weighted by Crippen LogP contribution is -2.47. The Labute approximate surface area is 134 Å². The van der Waals surface area contributed by atoms with E-state index in [0.717, 1.165) is 30.8 Å². The van der Waals surface area contributed by atoms with E-state index in [2.05, 4.69) is 10.6 Å². The van der Waals surface area contributed by atoms with Gasteiger partial charge in [0, 0.05) is 6.04 Å². The molecule has 6 nitrogen and oxygen atoms in total. The van der Waals surface area contributed by atoms with Crippen LogP contribution in [0.2, 0.25) is 0 Å². The van der Waals surface area contributed by atoms with Crippen molar-refractivity contribution in [1.82, 2.24) is 15.5 Å². The number of rotatable bonds is 3. The number of nitrogens with one attached hydrogen (secondary N) is 2. The van der Waals surface area contributed by atoms with Crippen molar-refractivity contribution in [2.24, 2.45) is 0 Å². The molecule has 1 saturated heterocycles. The first-order valence-corrected chi connectivity index (χ1v) is 7.12. The summed E-state index contributed by atoms with van der Waals surface area (Å²) in [5.41, 5.74) is 0.745. The third kappa shape index (κ3) is 3.13. The maximum atomic E-state index is 12.1. The van der Waals surface area contributed by atoms with Gasteiger partial charge >= 0.3 is 0 Å². The van der Waals surface area contributed by atoms with Gasteiger partial charge in [-0.15, -0.1) is 12.4 Å². The van der Waals surface area contributed by atoms with Gasteiger partial charge < -0.3 is 10.6 Å². The van der Waals surface area contributed by atoms with E-state index in [9.17, 15) is 14.4 Å². The van der Waals surface area contributed by atoms with Gasteiger partial charge in [0.15, 0.2) is 0 Å². The first kappa shape index (κ1) is 16.5. The minimum absolute atomic E-state index is 0. The lowest BCUT2D eigenvalue weighted by atomic mass is 10.1. The topological polar surface area (TPSA) is 78.5 Å². The maximum absolute atomic E-state index is 12.1. The number of imide groups is 1. The quantitative estimate of drug-likeness (QED) is 0.797. The van der Waals surface area contributed by atoms with Gasteiger partial charge in [0.2, 0.25) is 5.91 Å². The molecule has 0 bridgehead atoms. The zero-order chi connectivity index (χ0) is 14.8. The molecule has 7 heteroatoms. The van der Waals surface area contributed by atoms with Crippen LogP contribution in [0, 0.1) is 0 Å². The number of nitrogens with zero attached hydrogens (tertiary/aromatic N) is 1. The zero-order valence-electron chi connectivity index (χ0n) is 12.0. The van der Waals surface area contributed by atoms with Crippen LogP contribution in [0.15, 0.2) is 24.3 Å². The van der Waals surface area contributed by atoms with E-state index in [1.807, 2.05) is 0 Å². The average molecular weight is 324 g/mol. The summed E-state index contributed by atoms with van der Waals surface area (Å²) in [6.45, 7) is 1.53. The highest BCUT2D eigenvalue weighted by Gasteiger charge is 2.36. The summed E-state index contributed by atoms with van der Waals surface area (Å²) in [7, 11) is 0. The van der Waals surface area contributed by atoms with Crippen LogP contribution in [0.3, 0.4) is 0 Å². The summed E-state index contributed by atoms with van der Waals surface area (Å²) in [6, 6.07) is 6.76. The summed E-state index contributed by atoms with van der Waals surface area (Å²) in [6.07, 6.45) is 1.74. The van der Waals surface area contributed by atoms with Gasteiger partial charge in [0.25, 0.3) is 11.8 Å². The van der Waals surface area contributed by atoms with Crippen molar-refractivity contribution in [3.05, 3.63) is 35.4 Å². The number of piperidine rings is 1. The summed E-state index contributed by atoms with van der Waals surface area (Å²) in [5, 5.41) is 6.11. The van der Waals surface area contributed by atoms with E-state index in [1.165, 1.54) is 0 Å².